The largest absolute Gasteiger partial charge is 0.497 e. The monoisotopic (exact) mass is 364 g/mol. The van der Waals surface area contributed by atoms with Gasteiger partial charge in [0.05, 0.1) is 19.0 Å². The van der Waals surface area contributed by atoms with Crippen molar-refractivity contribution in [1.82, 2.24) is 15.1 Å². The van der Waals surface area contributed by atoms with Gasteiger partial charge in [0.25, 0.3) is 0 Å². The smallest absolute Gasteiger partial charge is 0.319 e. The van der Waals surface area contributed by atoms with Crippen LogP contribution in [0, 0.1) is 0 Å². The third-order valence-corrected chi connectivity index (χ3v) is 4.24. The van der Waals surface area contributed by atoms with Gasteiger partial charge in [0, 0.05) is 30.1 Å². The van der Waals surface area contributed by atoms with Gasteiger partial charge in [0.1, 0.15) is 5.75 Å². The Kier molecular flexibility index (Phi) is 5.76. The molecule has 0 aliphatic carbocycles. The van der Waals surface area contributed by atoms with Crippen molar-refractivity contribution in [3.8, 4) is 11.4 Å². The van der Waals surface area contributed by atoms with Gasteiger partial charge in [-0.05, 0) is 29.7 Å². The van der Waals surface area contributed by atoms with E-state index in [0.29, 0.717) is 12.5 Å². The Morgan fingerprint density at radius 3 is 2.78 bits per heavy atom. The number of nitrogens with zero attached hydrogens (tertiary/aromatic N) is 2. The average molecular weight is 364 g/mol. The molecule has 6 heteroatoms. The lowest BCUT2D eigenvalue weighted by molar-refractivity contribution is 0.251. The molecule has 0 saturated heterocycles. The number of carbonyl (C=O) groups is 1. The van der Waals surface area contributed by atoms with Gasteiger partial charge in [-0.3, -0.25) is 0 Å². The number of ether oxygens (including phenoxy) is 1. The van der Waals surface area contributed by atoms with Crippen LogP contribution in [0.1, 0.15) is 30.9 Å². The van der Waals surface area contributed by atoms with E-state index < -0.39 is 0 Å². The first-order valence-corrected chi connectivity index (χ1v) is 8.88. The van der Waals surface area contributed by atoms with Crippen LogP contribution in [0.3, 0.4) is 0 Å². The van der Waals surface area contributed by atoms with Crippen molar-refractivity contribution in [3.63, 3.8) is 0 Å². The third-order valence-electron chi connectivity index (χ3n) is 4.24. The summed E-state index contributed by atoms with van der Waals surface area (Å²) in [5, 5.41) is 10.1. The molecule has 140 valence electrons. The Bertz CT molecular complexity index is 918. The molecule has 0 fully saturated rings. The van der Waals surface area contributed by atoms with Crippen molar-refractivity contribution < 1.29 is 9.53 Å². The molecule has 1 aromatic heterocycles. The molecule has 2 N–H and O–H groups in total. The maximum absolute atomic E-state index is 12.3. The predicted octanol–water partition coefficient (Wildman–Crippen LogP) is 4.33. The first-order chi connectivity index (χ1) is 13.1. The van der Waals surface area contributed by atoms with Gasteiger partial charge in [0.15, 0.2) is 0 Å². The molecule has 27 heavy (non-hydrogen) atoms. The first kappa shape index (κ1) is 18.5. The molecule has 0 spiro atoms. The zero-order valence-corrected chi connectivity index (χ0v) is 15.8. The topological polar surface area (TPSA) is 68.2 Å². The molecule has 0 aliphatic heterocycles. The Hall–Kier alpha value is -3.28. The van der Waals surface area contributed by atoms with Crippen molar-refractivity contribution >= 4 is 11.7 Å². The van der Waals surface area contributed by atoms with E-state index in [1.807, 2.05) is 54.7 Å². The van der Waals surface area contributed by atoms with Gasteiger partial charge in [-0.2, -0.15) is 5.10 Å². The Morgan fingerprint density at radius 1 is 1.19 bits per heavy atom. The molecule has 3 aromatic rings. The second-order valence-corrected chi connectivity index (χ2v) is 6.54. The fourth-order valence-electron chi connectivity index (χ4n) is 2.81. The minimum absolute atomic E-state index is 0.239. The number of rotatable bonds is 6. The lowest BCUT2D eigenvalue weighted by Crippen LogP contribution is -2.28. The summed E-state index contributed by atoms with van der Waals surface area (Å²) in [5.74, 6) is 1.11. The molecule has 1 heterocycles. The number of aromatic nitrogens is 2. The maximum Gasteiger partial charge on any atom is 0.319 e. The number of hydrogen-bond donors (Lipinski definition) is 2. The SMILES string of the molecule is COc1cccc(-n2cc(CNC(=O)Nc3ccccc3C(C)C)cn2)c1. The zero-order valence-electron chi connectivity index (χ0n) is 15.8. The van der Waals surface area contributed by atoms with Crippen LogP contribution in [0.4, 0.5) is 10.5 Å². The van der Waals surface area contributed by atoms with Gasteiger partial charge >= 0.3 is 6.03 Å². The molecular formula is C21H24N4O2. The molecule has 0 aliphatic rings. The van der Waals surface area contributed by atoms with Crippen LogP contribution >= 0.6 is 0 Å². The van der Waals surface area contributed by atoms with E-state index in [9.17, 15) is 4.79 Å². The first-order valence-electron chi connectivity index (χ1n) is 8.88. The third kappa shape index (κ3) is 4.67. The standard InChI is InChI=1S/C21H24N4O2/c1-15(2)19-9-4-5-10-20(19)24-21(26)22-12-16-13-23-25(14-16)17-7-6-8-18(11-17)27-3/h4-11,13-15H,12H2,1-3H3,(H2,22,24,26). The highest BCUT2D eigenvalue weighted by atomic mass is 16.5. The predicted molar refractivity (Wildman–Crippen MR) is 107 cm³/mol. The number of carbonyl (C=O) groups excluding carboxylic acids is 1. The van der Waals surface area contributed by atoms with Crippen LogP contribution in [-0.4, -0.2) is 22.9 Å². The normalized spacial score (nSPS) is 10.7. The van der Waals surface area contributed by atoms with Gasteiger partial charge in [0.2, 0.25) is 0 Å². The lowest BCUT2D eigenvalue weighted by atomic mass is 10.0. The van der Waals surface area contributed by atoms with Gasteiger partial charge in [-0.15, -0.1) is 0 Å². The number of para-hydroxylation sites is 1. The minimum atomic E-state index is -0.239. The molecule has 0 bridgehead atoms. The van der Waals surface area contributed by atoms with Crippen LogP contribution in [-0.2, 0) is 6.54 Å². The highest BCUT2D eigenvalue weighted by Gasteiger charge is 2.09. The number of nitrogens with one attached hydrogen (secondary N) is 2. The number of anilines is 1. The van der Waals surface area contributed by atoms with Crippen LogP contribution in [0.15, 0.2) is 60.9 Å². The lowest BCUT2D eigenvalue weighted by Gasteiger charge is -2.14. The number of urea groups is 1. The van der Waals surface area contributed by atoms with Crippen LogP contribution in [0.2, 0.25) is 0 Å². The Balaban J connectivity index is 1.61. The minimum Gasteiger partial charge on any atom is -0.497 e. The van der Waals surface area contributed by atoms with Gasteiger partial charge in [-0.1, -0.05) is 38.1 Å². The zero-order chi connectivity index (χ0) is 19.2. The average Bonchev–Trinajstić information content (AvgIpc) is 3.16. The molecule has 0 atom stereocenters. The van der Waals surface area contributed by atoms with E-state index >= 15 is 0 Å². The summed E-state index contributed by atoms with van der Waals surface area (Å²) in [6.07, 6.45) is 3.62. The summed E-state index contributed by atoms with van der Waals surface area (Å²) < 4.78 is 6.99. The van der Waals surface area contributed by atoms with Crippen molar-refractivity contribution in [3.05, 3.63) is 72.1 Å². The molecule has 2 aromatic carbocycles. The molecule has 3 rings (SSSR count). The van der Waals surface area contributed by atoms with E-state index in [0.717, 1.165) is 28.3 Å². The van der Waals surface area contributed by atoms with Crippen molar-refractivity contribution in [2.75, 3.05) is 12.4 Å². The molecular weight excluding hydrogens is 340 g/mol. The quantitative estimate of drug-likeness (QED) is 0.684. The fourth-order valence-corrected chi connectivity index (χ4v) is 2.81. The maximum atomic E-state index is 12.3. The summed E-state index contributed by atoms with van der Waals surface area (Å²) in [6, 6.07) is 15.2. The van der Waals surface area contributed by atoms with Crippen LogP contribution in [0.5, 0.6) is 5.75 Å². The summed E-state index contributed by atoms with van der Waals surface area (Å²) in [7, 11) is 1.63. The van der Waals surface area contributed by atoms with Gasteiger partial charge < -0.3 is 15.4 Å². The van der Waals surface area contributed by atoms with E-state index in [2.05, 4.69) is 29.6 Å². The number of methoxy groups -OCH3 is 1. The highest BCUT2D eigenvalue weighted by molar-refractivity contribution is 5.90. The second-order valence-electron chi connectivity index (χ2n) is 6.54. The number of hydrogen-bond acceptors (Lipinski definition) is 3. The van der Waals surface area contributed by atoms with E-state index in [4.69, 9.17) is 4.74 Å². The molecule has 2 amide bonds. The fraction of sp³-hybridized carbons (Fsp3) is 0.238. The van der Waals surface area contributed by atoms with Crippen molar-refractivity contribution in [1.29, 1.82) is 0 Å². The molecule has 0 unspecified atom stereocenters. The van der Waals surface area contributed by atoms with Crippen LogP contribution < -0.4 is 15.4 Å². The van der Waals surface area contributed by atoms with Crippen molar-refractivity contribution in [2.24, 2.45) is 0 Å². The molecule has 6 nitrogen and oxygen atoms in total. The number of amides is 2. The van der Waals surface area contributed by atoms with E-state index in [1.165, 1.54) is 0 Å². The molecule has 0 radical (unpaired) electrons. The number of benzene rings is 2. The summed E-state index contributed by atoms with van der Waals surface area (Å²) in [6.45, 7) is 4.59. The second kappa shape index (κ2) is 8.40. The highest BCUT2D eigenvalue weighted by Crippen LogP contribution is 2.23. The Morgan fingerprint density at radius 2 is 2.00 bits per heavy atom. The molecule has 0 saturated carbocycles. The van der Waals surface area contributed by atoms with Crippen molar-refractivity contribution in [2.45, 2.75) is 26.3 Å². The van der Waals surface area contributed by atoms with Crippen LogP contribution in [0.25, 0.3) is 5.69 Å². The van der Waals surface area contributed by atoms with E-state index in [-0.39, 0.29) is 6.03 Å². The van der Waals surface area contributed by atoms with Gasteiger partial charge in [-0.25, -0.2) is 9.48 Å². The Labute approximate surface area is 159 Å². The van der Waals surface area contributed by atoms with E-state index in [1.54, 1.807) is 18.0 Å². The summed E-state index contributed by atoms with van der Waals surface area (Å²) >= 11 is 0. The summed E-state index contributed by atoms with van der Waals surface area (Å²) in [5.41, 5.74) is 3.75. The summed E-state index contributed by atoms with van der Waals surface area (Å²) in [4.78, 5) is 12.3.